The highest BCUT2D eigenvalue weighted by molar-refractivity contribution is 7.89. The molecule has 1 aliphatic rings. The Morgan fingerprint density at radius 1 is 1.12 bits per heavy atom. The Bertz CT molecular complexity index is 1110. The summed E-state index contributed by atoms with van der Waals surface area (Å²) in [7, 11) is -2.40. The SMILES string of the molecule is CCC(=O)N1CCc2cc(S(=O)(=O)N[C@@H](CC(C)C)C(=O)Nc3ccc(OC)cc3)ccc21. The van der Waals surface area contributed by atoms with Crippen molar-refractivity contribution in [3.05, 3.63) is 48.0 Å². The molecule has 1 aliphatic heterocycles. The van der Waals surface area contributed by atoms with Crippen LogP contribution in [0.2, 0.25) is 0 Å². The second kappa shape index (κ2) is 10.4. The molecule has 178 valence electrons. The van der Waals surface area contributed by atoms with Crippen LogP contribution in [0.1, 0.15) is 39.2 Å². The predicted molar refractivity (Wildman–Crippen MR) is 128 cm³/mol. The monoisotopic (exact) mass is 473 g/mol. The van der Waals surface area contributed by atoms with Crippen molar-refractivity contribution >= 4 is 33.2 Å². The van der Waals surface area contributed by atoms with E-state index in [4.69, 9.17) is 4.74 Å². The van der Waals surface area contributed by atoms with Gasteiger partial charge in [0.05, 0.1) is 12.0 Å². The molecule has 0 fully saturated rings. The highest BCUT2D eigenvalue weighted by Crippen LogP contribution is 2.31. The van der Waals surface area contributed by atoms with Gasteiger partial charge in [-0.15, -0.1) is 0 Å². The zero-order chi connectivity index (χ0) is 24.2. The smallest absolute Gasteiger partial charge is 0.242 e. The lowest BCUT2D eigenvalue weighted by molar-refractivity contribution is -0.118. The number of sulfonamides is 1. The number of hydrogen-bond donors (Lipinski definition) is 2. The third-order valence-electron chi connectivity index (χ3n) is 5.54. The number of rotatable bonds is 9. The summed E-state index contributed by atoms with van der Waals surface area (Å²) in [6, 6.07) is 10.6. The van der Waals surface area contributed by atoms with Crippen molar-refractivity contribution in [2.45, 2.75) is 51.0 Å². The van der Waals surface area contributed by atoms with Crippen molar-refractivity contribution in [1.82, 2.24) is 4.72 Å². The number of methoxy groups -OCH3 is 1. The summed E-state index contributed by atoms with van der Waals surface area (Å²) in [4.78, 5) is 26.8. The molecule has 0 unspecified atom stereocenters. The highest BCUT2D eigenvalue weighted by atomic mass is 32.2. The second-order valence-electron chi connectivity index (χ2n) is 8.46. The molecule has 2 aromatic carbocycles. The van der Waals surface area contributed by atoms with Gasteiger partial charge in [0.1, 0.15) is 11.8 Å². The number of ether oxygens (including phenoxy) is 1. The maximum absolute atomic E-state index is 13.1. The maximum atomic E-state index is 13.1. The third kappa shape index (κ3) is 5.91. The Hall–Kier alpha value is -2.91. The average molecular weight is 474 g/mol. The summed E-state index contributed by atoms with van der Waals surface area (Å²) in [6.45, 7) is 6.20. The number of anilines is 2. The van der Waals surface area contributed by atoms with Gasteiger partial charge in [-0.05, 0) is 66.8 Å². The first kappa shape index (κ1) is 24.7. The predicted octanol–water partition coefficient (Wildman–Crippen LogP) is 3.33. The number of carbonyl (C=O) groups excluding carboxylic acids is 2. The Kier molecular flexibility index (Phi) is 7.76. The zero-order valence-corrected chi connectivity index (χ0v) is 20.2. The molecule has 2 N–H and O–H groups in total. The van der Waals surface area contributed by atoms with Gasteiger partial charge < -0.3 is 15.0 Å². The molecular formula is C24H31N3O5S. The molecule has 8 nitrogen and oxygen atoms in total. The first-order valence-electron chi connectivity index (χ1n) is 11.0. The fourth-order valence-electron chi connectivity index (χ4n) is 3.83. The molecule has 2 aromatic rings. The van der Waals surface area contributed by atoms with Crippen LogP contribution in [0.5, 0.6) is 5.75 Å². The normalized spacial score (nSPS) is 14.2. The van der Waals surface area contributed by atoms with Crippen LogP contribution in [0.3, 0.4) is 0 Å². The summed E-state index contributed by atoms with van der Waals surface area (Å²) in [5.74, 6) is 0.323. The lowest BCUT2D eigenvalue weighted by atomic mass is 10.0. The quantitative estimate of drug-likeness (QED) is 0.581. The van der Waals surface area contributed by atoms with E-state index in [9.17, 15) is 18.0 Å². The van der Waals surface area contributed by atoms with E-state index in [1.54, 1.807) is 55.3 Å². The van der Waals surface area contributed by atoms with Gasteiger partial charge in [0.25, 0.3) is 0 Å². The largest absolute Gasteiger partial charge is 0.497 e. The summed E-state index contributed by atoms with van der Waals surface area (Å²) < 4.78 is 34.0. The van der Waals surface area contributed by atoms with Crippen LogP contribution < -0.4 is 19.7 Å². The van der Waals surface area contributed by atoms with E-state index in [1.165, 1.54) is 6.07 Å². The molecule has 33 heavy (non-hydrogen) atoms. The van der Waals surface area contributed by atoms with Gasteiger partial charge in [-0.3, -0.25) is 9.59 Å². The molecule has 9 heteroatoms. The number of nitrogens with zero attached hydrogens (tertiary/aromatic N) is 1. The third-order valence-corrected chi connectivity index (χ3v) is 7.01. The van der Waals surface area contributed by atoms with E-state index in [-0.39, 0.29) is 16.7 Å². The minimum atomic E-state index is -3.95. The van der Waals surface area contributed by atoms with Crippen molar-refractivity contribution in [2.75, 3.05) is 23.9 Å². The molecule has 0 saturated carbocycles. The van der Waals surface area contributed by atoms with Gasteiger partial charge in [-0.25, -0.2) is 8.42 Å². The summed E-state index contributed by atoms with van der Waals surface area (Å²) in [5.41, 5.74) is 2.10. The second-order valence-corrected chi connectivity index (χ2v) is 10.2. The number of hydrogen-bond acceptors (Lipinski definition) is 5. The van der Waals surface area contributed by atoms with Crippen molar-refractivity contribution < 1.29 is 22.7 Å². The van der Waals surface area contributed by atoms with Crippen molar-refractivity contribution in [3.8, 4) is 5.75 Å². The first-order chi connectivity index (χ1) is 15.6. The van der Waals surface area contributed by atoms with E-state index in [2.05, 4.69) is 10.0 Å². The van der Waals surface area contributed by atoms with Crippen molar-refractivity contribution in [3.63, 3.8) is 0 Å². The molecular weight excluding hydrogens is 442 g/mol. The van der Waals surface area contributed by atoms with E-state index in [0.29, 0.717) is 37.2 Å². The van der Waals surface area contributed by atoms with E-state index < -0.39 is 22.0 Å². The number of carbonyl (C=O) groups is 2. The topological polar surface area (TPSA) is 105 Å². The van der Waals surface area contributed by atoms with Crippen LogP contribution >= 0.6 is 0 Å². The molecule has 0 aliphatic carbocycles. The fourth-order valence-corrected chi connectivity index (χ4v) is 5.09. The number of fused-ring (bicyclic) bond motifs is 1. The van der Waals surface area contributed by atoms with Crippen LogP contribution in [-0.4, -0.2) is 39.9 Å². The summed E-state index contributed by atoms with van der Waals surface area (Å²) >= 11 is 0. The van der Waals surface area contributed by atoms with E-state index in [1.807, 2.05) is 13.8 Å². The average Bonchev–Trinajstić information content (AvgIpc) is 3.21. The first-order valence-corrected chi connectivity index (χ1v) is 12.5. The van der Waals surface area contributed by atoms with Gasteiger partial charge in [0, 0.05) is 24.3 Å². The highest BCUT2D eigenvalue weighted by Gasteiger charge is 2.29. The lowest BCUT2D eigenvalue weighted by Gasteiger charge is -2.21. The van der Waals surface area contributed by atoms with Crippen molar-refractivity contribution in [2.24, 2.45) is 5.92 Å². The van der Waals surface area contributed by atoms with Crippen LogP contribution in [0.15, 0.2) is 47.4 Å². The van der Waals surface area contributed by atoms with E-state index >= 15 is 0 Å². The van der Waals surface area contributed by atoms with Gasteiger partial charge >= 0.3 is 0 Å². The maximum Gasteiger partial charge on any atom is 0.242 e. The Balaban J connectivity index is 1.79. The van der Waals surface area contributed by atoms with Crippen molar-refractivity contribution in [1.29, 1.82) is 0 Å². The zero-order valence-electron chi connectivity index (χ0n) is 19.4. The number of amides is 2. The molecule has 0 bridgehead atoms. The van der Waals surface area contributed by atoms with Crippen LogP contribution in [0, 0.1) is 5.92 Å². The molecule has 1 atom stereocenters. The molecule has 0 aromatic heterocycles. The summed E-state index contributed by atoms with van der Waals surface area (Å²) in [5, 5.41) is 2.77. The standard InChI is InChI=1S/C24H31N3O5S/c1-5-23(28)27-13-12-17-15-20(10-11-22(17)27)33(30,31)26-21(14-16(2)3)24(29)25-18-6-8-19(32-4)9-7-18/h6-11,15-16,21,26H,5,12-14H2,1-4H3,(H,25,29)/t21-/m0/s1. The van der Waals surface area contributed by atoms with E-state index in [0.717, 1.165) is 11.3 Å². The molecule has 2 amide bonds. The molecule has 0 radical (unpaired) electrons. The molecule has 0 saturated heterocycles. The molecule has 0 spiro atoms. The minimum Gasteiger partial charge on any atom is -0.497 e. The Morgan fingerprint density at radius 2 is 1.82 bits per heavy atom. The molecule has 3 rings (SSSR count). The number of nitrogens with one attached hydrogen (secondary N) is 2. The van der Waals surface area contributed by atoms with Gasteiger partial charge in [-0.1, -0.05) is 20.8 Å². The molecule has 1 heterocycles. The Morgan fingerprint density at radius 3 is 2.42 bits per heavy atom. The van der Waals surface area contributed by atoms with Gasteiger partial charge in [0.2, 0.25) is 21.8 Å². The summed E-state index contributed by atoms with van der Waals surface area (Å²) in [6.07, 6.45) is 1.32. The number of benzene rings is 2. The van der Waals surface area contributed by atoms with Gasteiger partial charge in [0.15, 0.2) is 0 Å². The minimum absolute atomic E-state index is 0.00897. The van der Waals surface area contributed by atoms with Crippen LogP contribution in [-0.2, 0) is 26.0 Å². The van der Waals surface area contributed by atoms with Crippen LogP contribution in [0.25, 0.3) is 0 Å². The van der Waals surface area contributed by atoms with Crippen LogP contribution in [0.4, 0.5) is 11.4 Å². The van der Waals surface area contributed by atoms with Gasteiger partial charge in [-0.2, -0.15) is 4.72 Å². The Labute approximate surface area is 195 Å². The fraction of sp³-hybridized carbons (Fsp3) is 0.417. The lowest BCUT2D eigenvalue weighted by Crippen LogP contribution is -2.44.